The number of aromatic nitrogens is 3. The van der Waals surface area contributed by atoms with Gasteiger partial charge in [-0.3, -0.25) is 9.78 Å². The third-order valence-corrected chi connectivity index (χ3v) is 5.07. The van der Waals surface area contributed by atoms with Crippen LogP contribution < -0.4 is 0 Å². The van der Waals surface area contributed by atoms with Gasteiger partial charge in [-0.05, 0) is 43.4 Å². The number of amides is 1. The van der Waals surface area contributed by atoms with Crippen LogP contribution in [0.5, 0.6) is 0 Å². The number of carbonyl (C=O) groups is 1. The zero-order valence-corrected chi connectivity index (χ0v) is 17.2. The van der Waals surface area contributed by atoms with Crippen LogP contribution in [0.25, 0.3) is 22.8 Å². The molecule has 0 spiro atoms. The van der Waals surface area contributed by atoms with Crippen LogP contribution in [0.4, 0.5) is 0 Å². The van der Waals surface area contributed by atoms with Crippen LogP contribution in [0.3, 0.4) is 0 Å². The summed E-state index contributed by atoms with van der Waals surface area (Å²) in [5.74, 6) is 1.76. The van der Waals surface area contributed by atoms with Crippen LogP contribution >= 0.6 is 0 Å². The number of hydrogen-bond acceptors (Lipinski definition) is 5. The molecule has 1 aromatic carbocycles. The SMILES string of the molecule is Cc1cc(-c2nc(-c3ccc(CC(=O)N4CCC4)cc3)no2)cc(CC(C)C)n1. The highest BCUT2D eigenvalue weighted by atomic mass is 16.5. The van der Waals surface area contributed by atoms with Gasteiger partial charge in [0.2, 0.25) is 11.7 Å². The van der Waals surface area contributed by atoms with Crippen molar-refractivity contribution < 1.29 is 9.32 Å². The first-order valence-electron chi connectivity index (χ1n) is 10.2. The molecule has 6 nitrogen and oxygen atoms in total. The molecular formula is C23H26N4O2. The van der Waals surface area contributed by atoms with E-state index in [1.807, 2.05) is 48.2 Å². The van der Waals surface area contributed by atoms with E-state index in [-0.39, 0.29) is 5.91 Å². The van der Waals surface area contributed by atoms with Crippen molar-refractivity contribution in [2.75, 3.05) is 13.1 Å². The third kappa shape index (κ3) is 4.53. The summed E-state index contributed by atoms with van der Waals surface area (Å²) in [7, 11) is 0. The fraction of sp³-hybridized carbons (Fsp3) is 0.391. The zero-order chi connectivity index (χ0) is 20.4. The maximum atomic E-state index is 12.1. The van der Waals surface area contributed by atoms with Crippen LogP contribution in [0.1, 0.15) is 37.2 Å². The summed E-state index contributed by atoms with van der Waals surface area (Å²) in [6, 6.07) is 11.8. The highest BCUT2D eigenvalue weighted by Gasteiger charge is 2.20. The average molecular weight is 390 g/mol. The number of likely N-dealkylation sites (tertiary alicyclic amines) is 1. The Hall–Kier alpha value is -3.02. The number of rotatable bonds is 6. The highest BCUT2D eigenvalue weighted by Crippen LogP contribution is 2.24. The van der Waals surface area contributed by atoms with E-state index in [1.54, 1.807) is 0 Å². The van der Waals surface area contributed by atoms with E-state index in [4.69, 9.17) is 4.52 Å². The van der Waals surface area contributed by atoms with Crippen molar-refractivity contribution in [1.82, 2.24) is 20.0 Å². The standard InChI is InChI=1S/C23H26N4O2/c1-15(2)11-20-14-19(12-16(3)24-20)23-25-22(26-29-23)18-7-5-17(6-8-18)13-21(28)27-9-4-10-27/h5-8,12,14-15H,4,9-11,13H2,1-3H3. The van der Waals surface area contributed by atoms with Gasteiger partial charge in [-0.25, -0.2) is 0 Å². The Morgan fingerprint density at radius 2 is 1.86 bits per heavy atom. The van der Waals surface area contributed by atoms with E-state index < -0.39 is 0 Å². The topological polar surface area (TPSA) is 72.1 Å². The van der Waals surface area contributed by atoms with Gasteiger partial charge in [-0.1, -0.05) is 43.3 Å². The van der Waals surface area contributed by atoms with E-state index in [9.17, 15) is 4.79 Å². The lowest BCUT2D eigenvalue weighted by Gasteiger charge is -2.30. The molecular weight excluding hydrogens is 364 g/mol. The van der Waals surface area contributed by atoms with E-state index in [0.717, 1.165) is 54.0 Å². The average Bonchev–Trinajstić information content (AvgIpc) is 3.10. The molecule has 1 saturated heterocycles. The number of carbonyl (C=O) groups excluding carboxylic acids is 1. The lowest BCUT2D eigenvalue weighted by atomic mass is 10.1. The van der Waals surface area contributed by atoms with Crippen molar-refractivity contribution in [2.45, 2.75) is 40.0 Å². The summed E-state index contributed by atoms with van der Waals surface area (Å²) < 4.78 is 5.52. The van der Waals surface area contributed by atoms with Crippen molar-refractivity contribution in [2.24, 2.45) is 5.92 Å². The molecule has 0 atom stereocenters. The second kappa shape index (κ2) is 8.15. The van der Waals surface area contributed by atoms with Gasteiger partial charge in [-0.15, -0.1) is 0 Å². The molecule has 2 aromatic heterocycles. The zero-order valence-electron chi connectivity index (χ0n) is 17.2. The molecule has 0 N–H and O–H groups in total. The minimum absolute atomic E-state index is 0.191. The van der Waals surface area contributed by atoms with E-state index >= 15 is 0 Å². The van der Waals surface area contributed by atoms with Crippen molar-refractivity contribution in [3.8, 4) is 22.8 Å². The molecule has 3 aromatic rings. The molecule has 0 saturated carbocycles. The fourth-order valence-electron chi connectivity index (χ4n) is 3.47. The van der Waals surface area contributed by atoms with Crippen molar-refractivity contribution >= 4 is 5.91 Å². The molecule has 1 aliphatic rings. The van der Waals surface area contributed by atoms with Gasteiger partial charge >= 0.3 is 0 Å². The van der Waals surface area contributed by atoms with Crippen LogP contribution in [-0.2, 0) is 17.6 Å². The predicted molar refractivity (Wildman–Crippen MR) is 111 cm³/mol. The minimum Gasteiger partial charge on any atom is -0.342 e. The smallest absolute Gasteiger partial charge is 0.258 e. The molecule has 29 heavy (non-hydrogen) atoms. The Labute approximate surface area is 171 Å². The van der Waals surface area contributed by atoms with Gasteiger partial charge in [0.25, 0.3) is 5.89 Å². The van der Waals surface area contributed by atoms with Crippen molar-refractivity contribution in [1.29, 1.82) is 0 Å². The summed E-state index contributed by atoms with van der Waals surface area (Å²) >= 11 is 0. The van der Waals surface area contributed by atoms with E-state index in [2.05, 4.69) is 29.0 Å². The number of hydrogen-bond donors (Lipinski definition) is 0. The lowest BCUT2D eigenvalue weighted by molar-refractivity contribution is -0.133. The van der Waals surface area contributed by atoms with Gasteiger partial charge in [0.15, 0.2) is 0 Å². The molecule has 150 valence electrons. The van der Waals surface area contributed by atoms with Gasteiger partial charge < -0.3 is 9.42 Å². The van der Waals surface area contributed by atoms with Crippen molar-refractivity contribution in [3.05, 3.63) is 53.3 Å². The molecule has 1 aliphatic heterocycles. The maximum absolute atomic E-state index is 12.1. The monoisotopic (exact) mass is 390 g/mol. The summed E-state index contributed by atoms with van der Waals surface area (Å²) in [6.45, 7) is 8.10. The quantitative estimate of drug-likeness (QED) is 0.634. The van der Waals surface area contributed by atoms with E-state index in [1.165, 1.54) is 0 Å². The predicted octanol–water partition coefficient (Wildman–Crippen LogP) is 4.08. The first kappa shape index (κ1) is 19.3. The Kier molecular flexibility index (Phi) is 5.43. The Morgan fingerprint density at radius 3 is 2.52 bits per heavy atom. The maximum Gasteiger partial charge on any atom is 0.258 e. The summed E-state index contributed by atoms with van der Waals surface area (Å²) in [6.07, 6.45) is 2.46. The van der Waals surface area contributed by atoms with E-state index in [0.29, 0.717) is 24.1 Å². The highest BCUT2D eigenvalue weighted by molar-refractivity contribution is 5.79. The van der Waals surface area contributed by atoms with Gasteiger partial charge in [-0.2, -0.15) is 4.98 Å². The Morgan fingerprint density at radius 1 is 1.10 bits per heavy atom. The molecule has 0 bridgehead atoms. The lowest BCUT2D eigenvalue weighted by Crippen LogP contribution is -2.42. The molecule has 4 rings (SSSR count). The number of benzene rings is 1. The Balaban J connectivity index is 1.50. The first-order valence-corrected chi connectivity index (χ1v) is 10.2. The summed E-state index contributed by atoms with van der Waals surface area (Å²) in [4.78, 5) is 23.2. The third-order valence-electron chi connectivity index (χ3n) is 5.07. The molecule has 6 heteroatoms. The minimum atomic E-state index is 0.191. The van der Waals surface area contributed by atoms with Gasteiger partial charge in [0, 0.05) is 35.6 Å². The second-order valence-corrected chi connectivity index (χ2v) is 8.12. The largest absolute Gasteiger partial charge is 0.342 e. The first-order chi connectivity index (χ1) is 14.0. The van der Waals surface area contributed by atoms with Crippen molar-refractivity contribution in [3.63, 3.8) is 0 Å². The van der Waals surface area contributed by atoms with Crippen LogP contribution in [0, 0.1) is 12.8 Å². The summed E-state index contributed by atoms with van der Waals surface area (Å²) in [5, 5.41) is 4.14. The molecule has 1 fully saturated rings. The van der Waals surface area contributed by atoms with Crippen LogP contribution in [0.15, 0.2) is 40.9 Å². The van der Waals surface area contributed by atoms with Crippen LogP contribution in [-0.4, -0.2) is 39.0 Å². The normalized spacial score (nSPS) is 13.6. The molecule has 3 heterocycles. The second-order valence-electron chi connectivity index (χ2n) is 8.12. The van der Waals surface area contributed by atoms with Gasteiger partial charge in [0.05, 0.1) is 6.42 Å². The number of aryl methyl sites for hydroxylation is 1. The fourth-order valence-corrected chi connectivity index (χ4v) is 3.47. The molecule has 0 unspecified atom stereocenters. The van der Waals surface area contributed by atoms with Crippen LogP contribution in [0.2, 0.25) is 0 Å². The Bertz CT molecular complexity index is 1000. The molecule has 1 amide bonds. The molecule has 0 radical (unpaired) electrons. The number of nitrogens with zero attached hydrogens (tertiary/aromatic N) is 4. The summed E-state index contributed by atoms with van der Waals surface area (Å²) in [5.41, 5.74) is 4.73. The molecule has 0 aliphatic carbocycles. The number of pyridine rings is 1. The van der Waals surface area contributed by atoms with Gasteiger partial charge in [0.1, 0.15) is 0 Å².